The molecule has 1 spiro atoms. The Hall–Kier alpha value is -0.260. The summed E-state index contributed by atoms with van der Waals surface area (Å²) in [6.07, 6.45) is 27.4. The minimum Gasteiger partial charge on any atom is -0.0845 e. The highest BCUT2D eigenvalue weighted by atomic mass is 14.6. The smallest absolute Gasteiger partial charge is 0.0203 e. The molecule has 0 heteroatoms. The Balaban J connectivity index is 1.16. The summed E-state index contributed by atoms with van der Waals surface area (Å²) in [7, 11) is 0. The van der Waals surface area contributed by atoms with Crippen LogP contribution in [0.15, 0.2) is 11.6 Å². The van der Waals surface area contributed by atoms with E-state index in [1.807, 2.05) is 5.57 Å². The topological polar surface area (TPSA) is 0 Å². The second-order valence-electron chi connectivity index (χ2n) is 10.3. The molecule has 0 radical (unpaired) electrons. The molecule has 4 saturated carbocycles. The first-order valence-corrected chi connectivity index (χ1v) is 11.5. The molecule has 3 atom stereocenters. The molecule has 24 heavy (non-hydrogen) atoms. The summed E-state index contributed by atoms with van der Waals surface area (Å²) in [4.78, 5) is 0. The average Bonchev–Trinajstić information content (AvgIpc) is 2.86. The SMILES string of the molecule is C1=C(C2CCC(C3CCCCC3)CC2)CCC2(C1)CCC1CCC12. The minimum atomic E-state index is 0.783. The van der Waals surface area contributed by atoms with Crippen LogP contribution in [0.3, 0.4) is 0 Å². The van der Waals surface area contributed by atoms with E-state index >= 15 is 0 Å². The molecule has 134 valence electrons. The van der Waals surface area contributed by atoms with Gasteiger partial charge in [0, 0.05) is 0 Å². The van der Waals surface area contributed by atoms with E-state index in [2.05, 4.69) is 6.08 Å². The Kier molecular flexibility index (Phi) is 4.30. The van der Waals surface area contributed by atoms with Gasteiger partial charge < -0.3 is 0 Å². The van der Waals surface area contributed by atoms with Gasteiger partial charge in [0.05, 0.1) is 0 Å². The van der Waals surface area contributed by atoms with Gasteiger partial charge in [0.15, 0.2) is 0 Å². The molecular formula is C24H38. The monoisotopic (exact) mass is 326 g/mol. The fourth-order valence-electron chi connectivity index (χ4n) is 7.81. The fraction of sp³-hybridized carbons (Fsp3) is 0.917. The molecule has 0 amide bonds. The molecule has 5 aliphatic carbocycles. The maximum Gasteiger partial charge on any atom is -0.0203 e. The van der Waals surface area contributed by atoms with Gasteiger partial charge in [-0.1, -0.05) is 43.8 Å². The van der Waals surface area contributed by atoms with Crippen molar-refractivity contribution in [3.8, 4) is 0 Å². The number of hydrogen-bond donors (Lipinski definition) is 0. The second-order valence-corrected chi connectivity index (χ2v) is 10.3. The molecule has 0 bridgehead atoms. The van der Waals surface area contributed by atoms with Crippen LogP contribution in [0.25, 0.3) is 0 Å². The highest BCUT2D eigenvalue weighted by Gasteiger charge is 2.52. The lowest BCUT2D eigenvalue weighted by atomic mass is 9.59. The van der Waals surface area contributed by atoms with Crippen LogP contribution in [0.2, 0.25) is 0 Å². The van der Waals surface area contributed by atoms with Gasteiger partial charge in [-0.3, -0.25) is 0 Å². The van der Waals surface area contributed by atoms with Crippen LogP contribution < -0.4 is 0 Å². The maximum atomic E-state index is 2.77. The van der Waals surface area contributed by atoms with Crippen LogP contribution in [-0.4, -0.2) is 0 Å². The summed E-state index contributed by atoms with van der Waals surface area (Å²) >= 11 is 0. The zero-order valence-corrected chi connectivity index (χ0v) is 15.8. The van der Waals surface area contributed by atoms with Crippen LogP contribution in [0.1, 0.15) is 103 Å². The Morgan fingerprint density at radius 3 is 2.04 bits per heavy atom. The van der Waals surface area contributed by atoms with Gasteiger partial charge in [0.25, 0.3) is 0 Å². The van der Waals surface area contributed by atoms with Gasteiger partial charge in [-0.2, -0.15) is 0 Å². The lowest BCUT2D eigenvalue weighted by Crippen LogP contribution is -2.36. The minimum absolute atomic E-state index is 0.783. The first kappa shape index (κ1) is 16.0. The van der Waals surface area contributed by atoms with E-state index in [0.29, 0.717) is 0 Å². The quantitative estimate of drug-likeness (QED) is 0.467. The van der Waals surface area contributed by atoms with Gasteiger partial charge in [0.1, 0.15) is 0 Å². The van der Waals surface area contributed by atoms with E-state index in [-0.39, 0.29) is 0 Å². The lowest BCUT2D eigenvalue weighted by Gasteiger charge is -2.46. The number of fused-ring (bicyclic) bond motifs is 2. The third-order valence-corrected chi connectivity index (χ3v) is 9.51. The van der Waals surface area contributed by atoms with Crippen LogP contribution in [0.5, 0.6) is 0 Å². The molecule has 0 aromatic heterocycles. The van der Waals surface area contributed by atoms with E-state index in [4.69, 9.17) is 0 Å². The Bertz CT molecular complexity index is 474. The number of rotatable bonds is 2. The van der Waals surface area contributed by atoms with Crippen molar-refractivity contribution >= 4 is 0 Å². The van der Waals surface area contributed by atoms with Crippen molar-refractivity contribution in [3.63, 3.8) is 0 Å². The predicted molar refractivity (Wildman–Crippen MR) is 102 cm³/mol. The molecule has 0 N–H and O–H groups in total. The van der Waals surface area contributed by atoms with Crippen LogP contribution in [-0.2, 0) is 0 Å². The molecule has 5 aliphatic rings. The van der Waals surface area contributed by atoms with Crippen LogP contribution >= 0.6 is 0 Å². The predicted octanol–water partition coefficient (Wildman–Crippen LogP) is 7.29. The van der Waals surface area contributed by atoms with E-state index in [0.717, 1.165) is 35.0 Å². The summed E-state index contributed by atoms with van der Waals surface area (Å²) in [6, 6.07) is 0. The fourth-order valence-corrected chi connectivity index (χ4v) is 7.81. The second kappa shape index (κ2) is 6.48. The highest BCUT2D eigenvalue weighted by Crippen LogP contribution is 2.63. The van der Waals surface area contributed by atoms with Crippen molar-refractivity contribution in [1.29, 1.82) is 0 Å². The van der Waals surface area contributed by atoms with Gasteiger partial charge in [-0.15, -0.1) is 0 Å². The van der Waals surface area contributed by atoms with E-state index < -0.39 is 0 Å². The van der Waals surface area contributed by atoms with E-state index in [9.17, 15) is 0 Å². The first-order chi connectivity index (χ1) is 11.8. The average molecular weight is 327 g/mol. The normalized spacial score (nSPS) is 46.4. The first-order valence-electron chi connectivity index (χ1n) is 11.5. The number of hydrogen-bond acceptors (Lipinski definition) is 0. The largest absolute Gasteiger partial charge is 0.0845 e. The maximum absolute atomic E-state index is 2.77. The zero-order valence-electron chi connectivity index (χ0n) is 15.8. The van der Waals surface area contributed by atoms with Crippen molar-refractivity contribution < 1.29 is 0 Å². The van der Waals surface area contributed by atoms with Crippen molar-refractivity contribution in [2.24, 2.45) is 35.0 Å². The summed E-state index contributed by atoms with van der Waals surface area (Å²) < 4.78 is 0. The van der Waals surface area contributed by atoms with E-state index in [1.165, 1.54) is 44.9 Å². The summed E-state index contributed by atoms with van der Waals surface area (Å²) in [5.41, 5.74) is 2.69. The van der Waals surface area contributed by atoms with Crippen molar-refractivity contribution in [3.05, 3.63) is 11.6 Å². The van der Waals surface area contributed by atoms with Crippen molar-refractivity contribution in [2.45, 2.75) is 103 Å². The molecule has 0 aliphatic heterocycles. The van der Waals surface area contributed by atoms with Crippen LogP contribution in [0, 0.1) is 35.0 Å². The van der Waals surface area contributed by atoms with Gasteiger partial charge >= 0.3 is 0 Å². The Morgan fingerprint density at radius 2 is 1.42 bits per heavy atom. The summed E-state index contributed by atoms with van der Waals surface area (Å²) in [5, 5.41) is 0. The molecule has 0 saturated heterocycles. The molecule has 0 aromatic rings. The third kappa shape index (κ3) is 2.71. The van der Waals surface area contributed by atoms with Gasteiger partial charge in [-0.25, -0.2) is 0 Å². The van der Waals surface area contributed by atoms with Crippen molar-refractivity contribution in [2.75, 3.05) is 0 Å². The molecule has 0 aromatic carbocycles. The Morgan fingerprint density at radius 1 is 0.667 bits per heavy atom. The molecule has 0 heterocycles. The molecular weight excluding hydrogens is 288 g/mol. The van der Waals surface area contributed by atoms with Gasteiger partial charge in [-0.05, 0) is 106 Å². The van der Waals surface area contributed by atoms with Crippen molar-refractivity contribution in [1.82, 2.24) is 0 Å². The standard InChI is InChI=1S/C24H38/c1-2-4-18(5-3-1)19-6-8-20(9-7-19)21-12-15-24(16-13-21)17-14-22-10-11-23(22)24/h12,18-20,22-23H,1-11,13-17H2. The molecule has 3 unspecified atom stereocenters. The zero-order chi connectivity index (χ0) is 16.0. The van der Waals surface area contributed by atoms with Crippen LogP contribution in [0.4, 0.5) is 0 Å². The Labute approximate surface area is 149 Å². The molecule has 5 rings (SSSR count). The summed E-state index contributed by atoms with van der Waals surface area (Å²) in [6.45, 7) is 0. The summed E-state index contributed by atoms with van der Waals surface area (Å²) in [5.74, 6) is 5.48. The van der Waals surface area contributed by atoms with Gasteiger partial charge in [0.2, 0.25) is 0 Å². The lowest BCUT2D eigenvalue weighted by molar-refractivity contribution is 0.0714. The molecule has 4 fully saturated rings. The molecule has 0 nitrogen and oxygen atoms in total. The van der Waals surface area contributed by atoms with E-state index in [1.54, 1.807) is 57.8 Å². The third-order valence-electron chi connectivity index (χ3n) is 9.51. The number of allylic oxidation sites excluding steroid dienone is 2. The highest BCUT2D eigenvalue weighted by molar-refractivity contribution is 5.17.